The molecule has 1 fully saturated rings. The highest BCUT2D eigenvalue weighted by molar-refractivity contribution is 6.19. The van der Waals surface area contributed by atoms with E-state index in [4.69, 9.17) is 0 Å². The average molecular weight is 379 g/mol. The number of aryl methyl sites for hydroxylation is 1. The molecule has 0 unspecified atom stereocenters. The third-order valence-electron chi connectivity index (χ3n) is 4.11. The smallest absolute Gasteiger partial charge is 0.406 e. The third kappa shape index (κ3) is 4.18. The lowest BCUT2D eigenvalue weighted by Gasteiger charge is -2.18. The van der Waals surface area contributed by atoms with Crippen molar-refractivity contribution in [1.82, 2.24) is 9.88 Å². The van der Waals surface area contributed by atoms with Crippen molar-refractivity contribution in [3.63, 3.8) is 0 Å². The number of nitrogens with zero attached hydrogens (tertiary/aromatic N) is 3. The number of amides is 3. The molecule has 27 heavy (non-hydrogen) atoms. The van der Waals surface area contributed by atoms with Gasteiger partial charge in [0.25, 0.3) is 5.91 Å². The van der Waals surface area contributed by atoms with Gasteiger partial charge in [0.05, 0.1) is 5.69 Å². The van der Waals surface area contributed by atoms with Crippen molar-refractivity contribution in [1.29, 1.82) is 0 Å². The summed E-state index contributed by atoms with van der Waals surface area (Å²) < 4.78 is 40.5. The van der Waals surface area contributed by atoms with Crippen LogP contribution in [0.2, 0.25) is 0 Å². The largest absolute Gasteiger partial charge is 0.573 e. The Balaban J connectivity index is 1.76. The Bertz CT molecular complexity index is 853. The minimum absolute atomic E-state index is 0.106. The van der Waals surface area contributed by atoms with Gasteiger partial charge in [0.2, 0.25) is 0 Å². The number of imide groups is 1. The Hall–Kier alpha value is -3.10. The summed E-state index contributed by atoms with van der Waals surface area (Å²) in [5, 5.41) is 0. The molecule has 0 spiro atoms. The first-order valence-electron chi connectivity index (χ1n) is 8.18. The van der Waals surface area contributed by atoms with Crippen molar-refractivity contribution in [3.8, 4) is 5.75 Å². The molecule has 2 heterocycles. The summed E-state index contributed by atoms with van der Waals surface area (Å²) in [6.45, 7) is 2.11. The van der Waals surface area contributed by atoms with E-state index in [2.05, 4.69) is 9.72 Å². The Morgan fingerprint density at radius 2 is 1.81 bits per heavy atom. The maximum absolute atomic E-state index is 12.6. The van der Waals surface area contributed by atoms with E-state index in [1.165, 1.54) is 17.0 Å². The Morgan fingerprint density at radius 3 is 2.44 bits per heavy atom. The molecule has 2 aromatic rings. The van der Waals surface area contributed by atoms with Crippen molar-refractivity contribution in [2.45, 2.75) is 26.3 Å². The fraction of sp³-hybridized carbons (Fsp3) is 0.278. The van der Waals surface area contributed by atoms with Gasteiger partial charge in [0.15, 0.2) is 0 Å². The van der Waals surface area contributed by atoms with E-state index in [0.29, 0.717) is 0 Å². The molecule has 1 saturated heterocycles. The predicted molar refractivity (Wildman–Crippen MR) is 90.0 cm³/mol. The van der Waals surface area contributed by atoms with Crippen LogP contribution in [-0.2, 0) is 17.8 Å². The highest BCUT2D eigenvalue weighted by Crippen LogP contribution is 2.28. The number of aromatic nitrogens is 1. The number of pyridine rings is 1. The lowest BCUT2D eigenvalue weighted by atomic mass is 10.1. The maximum atomic E-state index is 12.6. The van der Waals surface area contributed by atoms with E-state index in [-0.39, 0.29) is 18.8 Å². The van der Waals surface area contributed by atoms with Gasteiger partial charge in [-0.2, -0.15) is 0 Å². The first-order valence-corrected chi connectivity index (χ1v) is 8.18. The number of urea groups is 1. The van der Waals surface area contributed by atoms with E-state index >= 15 is 0 Å². The second-order valence-corrected chi connectivity index (χ2v) is 5.91. The van der Waals surface area contributed by atoms with Gasteiger partial charge in [-0.15, -0.1) is 13.2 Å². The molecule has 0 radical (unpaired) electrons. The van der Waals surface area contributed by atoms with Crippen molar-refractivity contribution in [3.05, 3.63) is 53.9 Å². The van der Waals surface area contributed by atoms with Crippen LogP contribution in [0.25, 0.3) is 0 Å². The topological polar surface area (TPSA) is 62.7 Å². The molecule has 0 bridgehead atoms. The molecule has 3 rings (SSSR count). The van der Waals surface area contributed by atoms with Gasteiger partial charge >= 0.3 is 12.4 Å². The van der Waals surface area contributed by atoms with Crippen LogP contribution >= 0.6 is 0 Å². The van der Waals surface area contributed by atoms with Gasteiger partial charge < -0.3 is 9.64 Å². The Labute approximate surface area is 153 Å². The molecule has 0 aliphatic carbocycles. The number of anilines is 1. The van der Waals surface area contributed by atoms with Crippen LogP contribution < -0.4 is 9.64 Å². The molecular formula is C18H16F3N3O3. The zero-order valence-electron chi connectivity index (χ0n) is 14.4. The summed E-state index contributed by atoms with van der Waals surface area (Å²) >= 11 is 0. The maximum Gasteiger partial charge on any atom is 0.573 e. The van der Waals surface area contributed by atoms with Gasteiger partial charge in [-0.3, -0.25) is 9.78 Å². The summed E-state index contributed by atoms with van der Waals surface area (Å²) in [7, 11) is 0. The second-order valence-electron chi connectivity index (χ2n) is 5.91. The second kappa shape index (κ2) is 7.26. The summed E-state index contributed by atoms with van der Waals surface area (Å²) in [5.41, 5.74) is 2.06. The van der Waals surface area contributed by atoms with Crippen LogP contribution in [0.3, 0.4) is 0 Å². The first-order chi connectivity index (χ1) is 12.8. The number of hydrogen-bond donors (Lipinski definition) is 0. The molecule has 0 saturated carbocycles. The van der Waals surface area contributed by atoms with E-state index in [0.717, 1.165) is 34.6 Å². The summed E-state index contributed by atoms with van der Waals surface area (Å²) in [6, 6.07) is 5.87. The monoisotopic (exact) mass is 379 g/mol. The molecule has 1 aliphatic rings. The van der Waals surface area contributed by atoms with E-state index < -0.39 is 24.1 Å². The number of hydrogen-bond acceptors (Lipinski definition) is 4. The zero-order valence-corrected chi connectivity index (χ0v) is 14.4. The molecule has 1 aliphatic heterocycles. The molecule has 3 amide bonds. The SMILES string of the molecule is CCc1cnccc1CN1CC(=O)N(c2ccc(OC(F)(F)F)cc2)C1=O. The van der Waals surface area contributed by atoms with Crippen LogP contribution in [0.5, 0.6) is 5.75 Å². The fourth-order valence-corrected chi connectivity index (χ4v) is 2.86. The molecule has 1 aromatic heterocycles. The van der Waals surface area contributed by atoms with Gasteiger partial charge in [0.1, 0.15) is 12.3 Å². The van der Waals surface area contributed by atoms with E-state index in [1.54, 1.807) is 18.5 Å². The Morgan fingerprint density at radius 1 is 1.11 bits per heavy atom. The number of rotatable bonds is 5. The first kappa shape index (κ1) is 18.7. The molecule has 6 nitrogen and oxygen atoms in total. The van der Waals surface area contributed by atoms with Crippen LogP contribution in [0, 0.1) is 0 Å². The van der Waals surface area contributed by atoms with Crippen molar-refractivity contribution in [2.24, 2.45) is 0 Å². The van der Waals surface area contributed by atoms with Gasteiger partial charge in [-0.25, -0.2) is 9.69 Å². The normalized spacial score (nSPS) is 14.8. The number of alkyl halides is 3. The van der Waals surface area contributed by atoms with Gasteiger partial charge in [-0.05, 0) is 47.9 Å². The summed E-state index contributed by atoms with van der Waals surface area (Å²) in [4.78, 5) is 31.3. The standard InChI is InChI=1S/C18H16F3N3O3/c1-2-12-9-22-8-7-13(12)10-23-11-16(25)24(17(23)26)14-3-5-15(6-4-14)27-18(19,20)21/h3-9H,2,10-11H2,1H3. The van der Waals surface area contributed by atoms with Gasteiger partial charge in [-0.1, -0.05) is 6.92 Å². The van der Waals surface area contributed by atoms with Gasteiger partial charge in [0, 0.05) is 18.9 Å². The number of ether oxygens (including phenoxy) is 1. The Kier molecular flexibility index (Phi) is 5.02. The summed E-state index contributed by atoms with van der Waals surface area (Å²) in [6.07, 6.45) is -0.731. The number of halogens is 3. The minimum atomic E-state index is -4.81. The predicted octanol–water partition coefficient (Wildman–Crippen LogP) is 3.51. The van der Waals surface area contributed by atoms with Crippen LogP contribution in [-0.4, -0.2) is 34.7 Å². The molecule has 142 valence electrons. The van der Waals surface area contributed by atoms with Crippen LogP contribution in [0.4, 0.5) is 23.7 Å². The van der Waals surface area contributed by atoms with Crippen molar-refractivity contribution < 1.29 is 27.5 Å². The molecule has 9 heteroatoms. The third-order valence-corrected chi connectivity index (χ3v) is 4.11. The number of carbonyl (C=O) groups excluding carboxylic acids is 2. The zero-order chi connectivity index (χ0) is 19.6. The summed E-state index contributed by atoms with van der Waals surface area (Å²) in [5.74, 6) is -0.872. The highest BCUT2D eigenvalue weighted by Gasteiger charge is 2.37. The number of benzene rings is 1. The fourth-order valence-electron chi connectivity index (χ4n) is 2.86. The molecule has 1 aromatic carbocycles. The van der Waals surface area contributed by atoms with Crippen molar-refractivity contribution >= 4 is 17.6 Å². The van der Waals surface area contributed by atoms with E-state index in [9.17, 15) is 22.8 Å². The lowest BCUT2D eigenvalue weighted by molar-refractivity contribution is -0.274. The van der Waals surface area contributed by atoms with Crippen LogP contribution in [0.15, 0.2) is 42.7 Å². The molecular weight excluding hydrogens is 363 g/mol. The van der Waals surface area contributed by atoms with Crippen molar-refractivity contribution in [2.75, 3.05) is 11.4 Å². The average Bonchev–Trinajstić information content (AvgIpc) is 2.88. The lowest BCUT2D eigenvalue weighted by Crippen LogP contribution is -2.33. The number of carbonyl (C=O) groups is 2. The quantitative estimate of drug-likeness (QED) is 0.746. The minimum Gasteiger partial charge on any atom is -0.406 e. The molecule has 0 atom stereocenters. The highest BCUT2D eigenvalue weighted by atomic mass is 19.4. The van der Waals surface area contributed by atoms with Crippen LogP contribution in [0.1, 0.15) is 18.1 Å². The molecule has 0 N–H and O–H groups in total. The van der Waals surface area contributed by atoms with E-state index in [1.807, 2.05) is 6.92 Å².